The van der Waals surface area contributed by atoms with Gasteiger partial charge in [-0.25, -0.2) is 14.5 Å². The molecule has 19 heavy (non-hydrogen) atoms. The number of aromatic nitrogens is 4. The van der Waals surface area contributed by atoms with E-state index in [1.807, 2.05) is 13.1 Å². The summed E-state index contributed by atoms with van der Waals surface area (Å²) in [5, 5.41) is 15.6. The van der Waals surface area contributed by atoms with Crippen LogP contribution in [0.15, 0.2) is 29.8 Å². The highest BCUT2D eigenvalue weighted by atomic mass is 32.1. The number of thiazole rings is 1. The molecule has 0 aliphatic carbocycles. The molecule has 2 aromatic heterocycles. The number of hydrogen-bond acceptors (Lipinski definition) is 5. The van der Waals surface area contributed by atoms with Crippen molar-refractivity contribution in [3.05, 3.63) is 29.8 Å². The SMILES string of the molecule is Cn1nnc2cc(NC(=O)Nc3nccs3)ccc21. The minimum absolute atomic E-state index is 0.335. The van der Waals surface area contributed by atoms with E-state index in [1.54, 1.807) is 28.4 Å². The molecule has 0 radical (unpaired) electrons. The summed E-state index contributed by atoms with van der Waals surface area (Å²) in [5.41, 5.74) is 2.29. The van der Waals surface area contributed by atoms with Crippen molar-refractivity contribution in [1.29, 1.82) is 0 Å². The third-order valence-corrected chi connectivity index (χ3v) is 3.21. The number of benzene rings is 1. The second-order valence-electron chi connectivity index (χ2n) is 3.83. The van der Waals surface area contributed by atoms with Gasteiger partial charge in [-0.05, 0) is 18.2 Å². The zero-order valence-corrected chi connectivity index (χ0v) is 10.8. The standard InChI is InChI=1S/C11H10N6OS/c1-17-9-3-2-7(6-8(9)15-16-17)13-10(18)14-11-12-4-5-19-11/h2-6H,1H3,(H2,12,13,14,18). The van der Waals surface area contributed by atoms with Crippen molar-refractivity contribution in [2.45, 2.75) is 0 Å². The lowest BCUT2D eigenvalue weighted by Crippen LogP contribution is -2.19. The molecule has 0 unspecified atom stereocenters. The molecule has 0 spiro atoms. The number of hydrogen-bond donors (Lipinski definition) is 2. The van der Waals surface area contributed by atoms with Gasteiger partial charge in [-0.1, -0.05) is 5.21 Å². The average Bonchev–Trinajstić information content (AvgIpc) is 3.00. The van der Waals surface area contributed by atoms with Gasteiger partial charge in [0.1, 0.15) is 5.52 Å². The Hall–Kier alpha value is -2.48. The van der Waals surface area contributed by atoms with Crippen molar-refractivity contribution >= 4 is 39.2 Å². The normalized spacial score (nSPS) is 10.6. The molecule has 0 saturated carbocycles. The maximum absolute atomic E-state index is 11.7. The molecule has 2 heterocycles. The maximum Gasteiger partial charge on any atom is 0.325 e. The number of carbonyl (C=O) groups excluding carboxylic acids is 1. The van der Waals surface area contributed by atoms with Crippen molar-refractivity contribution in [2.24, 2.45) is 7.05 Å². The highest BCUT2D eigenvalue weighted by Crippen LogP contribution is 2.17. The van der Waals surface area contributed by atoms with Crippen LogP contribution in [0.4, 0.5) is 15.6 Å². The highest BCUT2D eigenvalue weighted by molar-refractivity contribution is 7.13. The highest BCUT2D eigenvalue weighted by Gasteiger charge is 2.06. The maximum atomic E-state index is 11.7. The third kappa shape index (κ3) is 2.38. The molecule has 2 amide bonds. The predicted octanol–water partition coefficient (Wildman–Crippen LogP) is 2.07. The molecular weight excluding hydrogens is 264 g/mol. The molecule has 7 nitrogen and oxygen atoms in total. The van der Waals surface area contributed by atoms with E-state index < -0.39 is 0 Å². The van der Waals surface area contributed by atoms with E-state index in [4.69, 9.17) is 0 Å². The predicted molar refractivity (Wildman–Crippen MR) is 73.3 cm³/mol. The monoisotopic (exact) mass is 274 g/mol. The Kier molecular flexibility index (Phi) is 2.84. The Labute approximate surface area is 112 Å². The van der Waals surface area contributed by atoms with Crippen LogP contribution in [0.1, 0.15) is 0 Å². The van der Waals surface area contributed by atoms with Crippen LogP contribution in [-0.2, 0) is 7.05 Å². The van der Waals surface area contributed by atoms with E-state index in [0.717, 1.165) is 11.0 Å². The molecule has 1 aromatic carbocycles. The summed E-state index contributed by atoms with van der Waals surface area (Å²) < 4.78 is 1.68. The number of aryl methyl sites for hydroxylation is 1. The van der Waals surface area contributed by atoms with Crippen LogP contribution in [-0.4, -0.2) is 26.0 Å². The van der Waals surface area contributed by atoms with E-state index in [2.05, 4.69) is 25.9 Å². The quantitative estimate of drug-likeness (QED) is 0.749. The van der Waals surface area contributed by atoms with Crippen LogP contribution in [0, 0.1) is 0 Å². The zero-order chi connectivity index (χ0) is 13.2. The van der Waals surface area contributed by atoms with Crippen LogP contribution in [0.25, 0.3) is 11.0 Å². The zero-order valence-electron chi connectivity index (χ0n) is 9.99. The Balaban J connectivity index is 1.75. The van der Waals surface area contributed by atoms with Crippen LogP contribution in [0.2, 0.25) is 0 Å². The Morgan fingerprint density at radius 1 is 1.37 bits per heavy atom. The lowest BCUT2D eigenvalue weighted by atomic mass is 10.3. The van der Waals surface area contributed by atoms with Crippen molar-refractivity contribution in [3.63, 3.8) is 0 Å². The number of urea groups is 1. The van der Waals surface area contributed by atoms with Crippen molar-refractivity contribution < 1.29 is 4.79 Å². The van der Waals surface area contributed by atoms with Gasteiger partial charge in [0.2, 0.25) is 0 Å². The summed E-state index contributed by atoms with van der Waals surface area (Å²) in [6, 6.07) is 5.09. The van der Waals surface area contributed by atoms with Gasteiger partial charge in [-0.3, -0.25) is 5.32 Å². The molecule has 0 aliphatic heterocycles. The molecular formula is C11H10N6OS. The smallest absolute Gasteiger partial charge is 0.308 e. The fraction of sp³-hybridized carbons (Fsp3) is 0.0909. The Morgan fingerprint density at radius 3 is 3.05 bits per heavy atom. The lowest BCUT2D eigenvalue weighted by molar-refractivity contribution is 0.262. The molecule has 0 bridgehead atoms. The van der Waals surface area contributed by atoms with Crippen LogP contribution in [0.3, 0.4) is 0 Å². The van der Waals surface area contributed by atoms with Gasteiger partial charge in [0.15, 0.2) is 5.13 Å². The number of rotatable bonds is 2. The van der Waals surface area contributed by atoms with Crippen LogP contribution < -0.4 is 10.6 Å². The van der Waals surface area contributed by atoms with Crippen LogP contribution in [0.5, 0.6) is 0 Å². The van der Waals surface area contributed by atoms with Crippen molar-refractivity contribution in [1.82, 2.24) is 20.0 Å². The molecule has 0 atom stereocenters. The molecule has 96 valence electrons. The van der Waals surface area contributed by atoms with Crippen molar-refractivity contribution in [3.8, 4) is 0 Å². The van der Waals surface area contributed by atoms with Gasteiger partial charge in [0, 0.05) is 24.3 Å². The van der Waals surface area contributed by atoms with E-state index in [1.165, 1.54) is 11.3 Å². The third-order valence-electron chi connectivity index (χ3n) is 2.52. The van der Waals surface area contributed by atoms with E-state index in [-0.39, 0.29) is 6.03 Å². The van der Waals surface area contributed by atoms with Gasteiger partial charge in [0.05, 0.1) is 5.52 Å². The minimum atomic E-state index is -0.335. The number of carbonyl (C=O) groups is 1. The van der Waals surface area contributed by atoms with E-state index >= 15 is 0 Å². The first-order valence-electron chi connectivity index (χ1n) is 5.49. The first-order chi connectivity index (χ1) is 9.22. The number of anilines is 2. The minimum Gasteiger partial charge on any atom is -0.308 e. The van der Waals surface area contributed by atoms with Crippen molar-refractivity contribution in [2.75, 3.05) is 10.6 Å². The second-order valence-corrected chi connectivity index (χ2v) is 4.73. The van der Waals surface area contributed by atoms with Gasteiger partial charge < -0.3 is 5.32 Å². The Bertz CT molecular complexity index is 720. The topological polar surface area (TPSA) is 84.7 Å². The van der Waals surface area contributed by atoms with Gasteiger partial charge >= 0.3 is 6.03 Å². The number of amides is 2. The fourth-order valence-electron chi connectivity index (χ4n) is 1.66. The lowest BCUT2D eigenvalue weighted by Gasteiger charge is -2.05. The molecule has 0 saturated heterocycles. The van der Waals surface area contributed by atoms with E-state index in [0.29, 0.717) is 10.8 Å². The van der Waals surface area contributed by atoms with Gasteiger partial charge in [0.25, 0.3) is 0 Å². The molecule has 3 rings (SSSR count). The number of nitrogens with one attached hydrogen (secondary N) is 2. The first kappa shape index (κ1) is 11.6. The summed E-state index contributed by atoms with van der Waals surface area (Å²) >= 11 is 1.36. The molecule has 2 N–H and O–H groups in total. The second kappa shape index (κ2) is 4.65. The first-order valence-corrected chi connectivity index (χ1v) is 6.37. The summed E-state index contributed by atoms with van der Waals surface area (Å²) in [7, 11) is 1.82. The van der Waals surface area contributed by atoms with E-state index in [9.17, 15) is 4.79 Å². The number of nitrogens with zero attached hydrogens (tertiary/aromatic N) is 4. The average molecular weight is 274 g/mol. The van der Waals surface area contributed by atoms with Gasteiger partial charge in [-0.15, -0.1) is 16.4 Å². The summed E-state index contributed by atoms with van der Waals surface area (Å²) in [5.74, 6) is 0. The largest absolute Gasteiger partial charge is 0.325 e. The summed E-state index contributed by atoms with van der Waals surface area (Å²) in [4.78, 5) is 15.7. The van der Waals surface area contributed by atoms with Gasteiger partial charge in [-0.2, -0.15) is 0 Å². The fourth-order valence-corrected chi connectivity index (χ4v) is 2.19. The number of fused-ring (bicyclic) bond motifs is 1. The molecule has 3 aromatic rings. The molecule has 0 aliphatic rings. The summed E-state index contributed by atoms with van der Waals surface area (Å²) in [6.07, 6.45) is 1.63. The summed E-state index contributed by atoms with van der Waals surface area (Å²) in [6.45, 7) is 0. The molecule has 0 fully saturated rings. The van der Waals surface area contributed by atoms with Crippen LogP contribution >= 0.6 is 11.3 Å². The molecule has 8 heteroatoms. The Morgan fingerprint density at radius 2 is 2.26 bits per heavy atom.